The van der Waals surface area contributed by atoms with Gasteiger partial charge in [-0.2, -0.15) is 10.2 Å². The highest BCUT2D eigenvalue weighted by Crippen LogP contribution is 2.28. The lowest BCUT2D eigenvalue weighted by molar-refractivity contribution is 0.0949. The highest BCUT2D eigenvalue weighted by molar-refractivity contribution is 5.93. The summed E-state index contributed by atoms with van der Waals surface area (Å²) in [6.07, 6.45) is 3.22. The van der Waals surface area contributed by atoms with Crippen molar-refractivity contribution in [2.45, 2.75) is 6.61 Å². The molecule has 0 unspecified atom stereocenters. The Labute approximate surface area is 157 Å². The second-order valence-electron chi connectivity index (χ2n) is 5.76. The van der Waals surface area contributed by atoms with Crippen molar-refractivity contribution in [3.63, 3.8) is 0 Å². The molecule has 0 radical (unpaired) electrons. The Morgan fingerprint density at radius 3 is 2.70 bits per heavy atom. The monoisotopic (exact) mass is 364 g/mol. The van der Waals surface area contributed by atoms with Crippen LogP contribution >= 0.6 is 0 Å². The maximum atomic E-state index is 11.9. The molecular formula is C20H20N4O3. The van der Waals surface area contributed by atoms with Crippen LogP contribution in [0.15, 0.2) is 65.9 Å². The van der Waals surface area contributed by atoms with Crippen molar-refractivity contribution in [2.75, 3.05) is 7.11 Å². The lowest BCUT2D eigenvalue weighted by Gasteiger charge is -2.11. The van der Waals surface area contributed by atoms with Gasteiger partial charge in [0, 0.05) is 13.2 Å². The molecule has 1 amide bonds. The highest BCUT2D eigenvalue weighted by atomic mass is 16.5. The summed E-state index contributed by atoms with van der Waals surface area (Å²) in [5.41, 5.74) is 4.58. The Kier molecular flexibility index (Phi) is 5.84. The first-order chi connectivity index (χ1) is 13.2. The molecule has 0 saturated heterocycles. The van der Waals surface area contributed by atoms with Gasteiger partial charge in [-0.15, -0.1) is 0 Å². The molecule has 0 saturated carbocycles. The van der Waals surface area contributed by atoms with E-state index in [0.29, 0.717) is 23.8 Å². The smallest absolute Gasteiger partial charge is 0.291 e. The van der Waals surface area contributed by atoms with E-state index in [-0.39, 0.29) is 5.91 Å². The van der Waals surface area contributed by atoms with E-state index in [1.54, 1.807) is 37.2 Å². The summed E-state index contributed by atoms with van der Waals surface area (Å²) in [6.45, 7) is 0.449. The van der Waals surface area contributed by atoms with Gasteiger partial charge in [-0.25, -0.2) is 5.43 Å². The van der Waals surface area contributed by atoms with Crippen molar-refractivity contribution in [2.24, 2.45) is 12.1 Å². The van der Waals surface area contributed by atoms with Gasteiger partial charge in [-0.05, 0) is 35.4 Å². The maximum absolute atomic E-state index is 11.9. The van der Waals surface area contributed by atoms with E-state index < -0.39 is 0 Å². The molecule has 0 bridgehead atoms. The maximum Gasteiger partial charge on any atom is 0.291 e. The first-order valence-corrected chi connectivity index (χ1v) is 8.33. The number of aryl methyl sites for hydroxylation is 1. The minimum Gasteiger partial charge on any atom is -0.493 e. The van der Waals surface area contributed by atoms with Crippen LogP contribution in [0.3, 0.4) is 0 Å². The fourth-order valence-electron chi connectivity index (χ4n) is 2.38. The number of hydrogen-bond donors (Lipinski definition) is 1. The predicted molar refractivity (Wildman–Crippen MR) is 102 cm³/mol. The number of benzene rings is 2. The number of carbonyl (C=O) groups is 1. The van der Waals surface area contributed by atoms with Crippen molar-refractivity contribution < 1.29 is 14.3 Å². The Hall–Kier alpha value is -3.61. The van der Waals surface area contributed by atoms with Crippen LogP contribution < -0.4 is 14.9 Å². The molecule has 27 heavy (non-hydrogen) atoms. The zero-order valence-electron chi connectivity index (χ0n) is 15.1. The number of aromatic nitrogens is 2. The van der Waals surface area contributed by atoms with Crippen molar-refractivity contribution in [1.82, 2.24) is 15.2 Å². The van der Waals surface area contributed by atoms with Crippen molar-refractivity contribution in [1.29, 1.82) is 0 Å². The Balaban J connectivity index is 1.62. The summed E-state index contributed by atoms with van der Waals surface area (Å²) in [5, 5.41) is 7.97. The number of carbonyl (C=O) groups excluding carboxylic acids is 1. The van der Waals surface area contributed by atoms with Gasteiger partial charge in [0.15, 0.2) is 17.2 Å². The highest BCUT2D eigenvalue weighted by Gasteiger charge is 2.08. The van der Waals surface area contributed by atoms with E-state index in [9.17, 15) is 4.79 Å². The summed E-state index contributed by atoms with van der Waals surface area (Å²) in [7, 11) is 3.32. The van der Waals surface area contributed by atoms with Crippen LogP contribution in [0, 0.1) is 0 Å². The van der Waals surface area contributed by atoms with Crippen LogP contribution in [0.25, 0.3) is 0 Å². The Morgan fingerprint density at radius 2 is 2.00 bits per heavy atom. The molecule has 2 aromatic carbocycles. The molecular weight excluding hydrogens is 344 g/mol. The van der Waals surface area contributed by atoms with Crippen LogP contribution in [0.5, 0.6) is 11.5 Å². The van der Waals surface area contributed by atoms with Gasteiger partial charge in [0.25, 0.3) is 5.91 Å². The summed E-state index contributed by atoms with van der Waals surface area (Å²) in [6, 6.07) is 16.9. The first-order valence-electron chi connectivity index (χ1n) is 8.33. The van der Waals surface area contributed by atoms with E-state index in [2.05, 4.69) is 15.6 Å². The van der Waals surface area contributed by atoms with Gasteiger partial charge in [0.1, 0.15) is 6.61 Å². The van der Waals surface area contributed by atoms with Crippen molar-refractivity contribution in [3.8, 4) is 11.5 Å². The third-order valence-electron chi connectivity index (χ3n) is 3.75. The van der Waals surface area contributed by atoms with Gasteiger partial charge in [0.2, 0.25) is 0 Å². The van der Waals surface area contributed by atoms with Gasteiger partial charge < -0.3 is 9.47 Å². The van der Waals surface area contributed by atoms with E-state index in [1.807, 2.05) is 42.5 Å². The van der Waals surface area contributed by atoms with E-state index in [0.717, 1.165) is 11.1 Å². The molecule has 3 aromatic rings. The lowest BCUT2D eigenvalue weighted by atomic mass is 10.2. The normalized spacial score (nSPS) is 10.7. The van der Waals surface area contributed by atoms with Crippen LogP contribution in [0.2, 0.25) is 0 Å². The van der Waals surface area contributed by atoms with Crippen LogP contribution in [-0.4, -0.2) is 29.0 Å². The number of amides is 1. The molecule has 1 aromatic heterocycles. The van der Waals surface area contributed by atoms with Crippen LogP contribution in [0.4, 0.5) is 0 Å². The number of ether oxygens (including phenoxy) is 2. The molecule has 7 heteroatoms. The molecule has 1 heterocycles. The molecule has 3 rings (SSSR count). The van der Waals surface area contributed by atoms with Gasteiger partial charge in [-0.1, -0.05) is 30.3 Å². The second-order valence-corrected chi connectivity index (χ2v) is 5.76. The van der Waals surface area contributed by atoms with Crippen LogP contribution in [0.1, 0.15) is 21.6 Å². The van der Waals surface area contributed by atoms with Gasteiger partial charge in [-0.3, -0.25) is 9.48 Å². The number of nitrogens with zero attached hydrogens (tertiary/aromatic N) is 3. The average molecular weight is 364 g/mol. The second kappa shape index (κ2) is 8.66. The number of nitrogens with one attached hydrogen (secondary N) is 1. The first kappa shape index (κ1) is 18.2. The lowest BCUT2D eigenvalue weighted by Crippen LogP contribution is -2.18. The largest absolute Gasteiger partial charge is 0.493 e. The number of hydrogen-bond acceptors (Lipinski definition) is 5. The number of hydrazone groups is 1. The molecule has 0 aliphatic heterocycles. The summed E-state index contributed by atoms with van der Waals surface area (Å²) >= 11 is 0. The van der Waals surface area contributed by atoms with E-state index >= 15 is 0 Å². The standard InChI is InChI=1S/C20H20N4O3/c1-24-11-10-17(23-24)20(25)22-21-13-16-8-9-18(19(12-16)26-2)27-14-15-6-4-3-5-7-15/h3-13H,14H2,1-2H3,(H,22,25)/b21-13+. The number of rotatable bonds is 7. The van der Waals surface area contributed by atoms with E-state index in [1.165, 1.54) is 6.21 Å². The summed E-state index contributed by atoms with van der Waals surface area (Å²) < 4.78 is 12.8. The topological polar surface area (TPSA) is 77.7 Å². The molecule has 138 valence electrons. The molecule has 1 N–H and O–H groups in total. The quantitative estimate of drug-likeness (QED) is 0.517. The molecule has 7 nitrogen and oxygen atoms in total. The van der Waals surface area contributed by atoms with Gasteiger partial charge >= 0.3 is 0 Å². The third kappa shape index (κ3) is 4.94. The Morgan fingerprint density at radius 1 is 1.19 bits per heavy atom. The van der Waals surface area contributed by atoms with Crippen LogP contribution in [-0.2, 0) is 13.7 Å². The molecule has 0 atom stereocenters. The molecule has 0 fully saturated rings. The minimum atomic E-state index is -0.373. The molecule has 0 spiro atoms. The van der Waals surface area contributed by atoms with Gasteiger partial charge in [0.05, 0.1) is 13.3 Å². The van der Waals surface area contributed by atoms with Crippen molar-refractivity contribution in [3.05, 3.63) is 77.6 Å². The van der Waals surface area contributed by atoms with E-state index in [4.69, 9.17) is 9.47 Å². The fraction of sp³-hybridized carbons (Fsp3) is 0.150. The minimum absolute atomic E-state index is 0.303. The molecule has 0 aliphatic carbocycles. The zero-order valence-corrected chi connectivity index (χ0v) is 15.1. The molecule has 0 aliphatic rings. The Bertz CT molecular complexity index is 935. The SMILES string of the molecule is COc1cc(/C=N/NC(=O)c2ccn(C)n2)ccc1OCc1ccccc1. The summed E-state index contributed by atoms with van der Waals surface area (Å²) in [5.74, 6) is 0.851. The average Bonchev–Trinajstić information content (AvgIpc) is 3.14. The number of methoxy groups -OCH3 is 1. The third-order valence-corrected chi connectivity index (χ3v) is 3.75. The summed E-state index contributed by atoms with van der Waals surface area (Å²) in [4.78, 5) is 11.9. The predicted octanol–water partition coefficient (Wildman–Crippen LogP) is 2.77. The van der Waals surface area contributed by atoms with Crippen molar-refractivity contribution >= 4 is 12.1 Å². The zero-order chi connectivity index (χ0) is 19.1. The fourth-order valence-corrected chi connectivity index (χ4v) is 2.38.